The average Bonchev–Trinajstić information content (AvgIpc) is 2.99. The fourth-order valence-corrected chi connectivity index (χ4v) is 3.60. The van der Waals surface area contributed by atoms with E-state index in [1.54, 1.807) is 0 Å². The van der Waals surface area contributed by atoms with Gasteiger partial charge in [-0.25, -0.2) is 4.39 Å². The summed E-state index contributed by atoms with van der Waals surface area (Å²) < 4.78 is 13.4. The van der Waals surface area contributed by atoms with Crippen LogP contribution in [0.5, 0.6) is 0 Å². The lowest BCUT2D eigenvalue weighted by molar-refractivity contribution is 0.0937. The molecule has 0 heterocycles. The van der Waals surface area contributed by atoms with Crippen LogP contribution in [0.2, 0.25) is 10.0 Å². The van der Waals surface area contributed by atoms with Crippen LogP contribution in [0.3, 0.4) is 0 Å². The van der Waals surface area contributed by atoms with E-state index in [1.165, 1.54) is 18.2 Å². The van der Waals surface area contributed by atoms with Crippen molar-refractivity contribution in [3.05, 3.63) is 69.5 Å². The van der Waals surface area contributed by atoms with Crippen LogP contribution in [0, 0.1) is 5.82 Å². The molecule has 2 atom stereocenters. The maximum Gasteiger partial charge on any atom is 0.251 e. The Morgan fingerprint density at radius 2 is 1.88 bits per heavy atom. The maximum absolute atomic E-state index is 13.4. The molecule has 2 aromatic carbocycles. The Hall–Kier alpha value is -1.62. The van der Waals surface area contributed by atoms with Gasteiger partial charge in [-0.1, -0.05) is 35.3 Å². The largest absolute Gasteiger partial charge is 0.349 e. The first kappa shape index (κ1) is 18.2. The van der Waals surface area contributed by atoms with Gasteiger partial charge in [0.25, 0.3) is 5.91 Å². The van der Waals surface area contributed by atoms with Gasteiger partial charge >= 0.3 is 0 Å². The summed E-state index contributed by atoms with van der Waals surface area (Å²) in [5.74, 6) is -0.799. The molecule has 0 aromatic heterocycles. The Bertz CT molecular complexity index is 749. The fourth-order valence-electron chi connectivity index (χ4n) is 3.16. The molecule has 1 aliphatic rings. The average molecular weight is 381 g/mol. The van der Waals surface area contributed by atoms with E-state index in [9.17, 15) is 9.18 Å². The van der Waals surface area contributed by atoms with E-state index in [0.29, 0.717) is 6.04 Å². The molecule has 25 heavy (non-hydrogen) atoms. The van der Waals surface area contributed by atoms with Crippen molar-refractivity contribution in [1.82, 2.24) is 10.6 Å². The lowest BCUT2D eigenvalue weighted by Crippen LogP contribution is -2.35. The molecule has 132 valence electrons. The first-order valence-electron chi connectivity index (χ1n) is 8.24. The molecular weight excluding hydrogens is 362 g/mol. The number of rotatable bonds is 5. The zero-order chi connectivity index (χ0) is 17.8. The zero-order valence-corrected chi connectivity index (χ0v) is 15.1. The van der Waals surface area contributed by atoms with Crippen molar-refractivity contribution in [3.8, 4) is 0 Å². The van der Waals surface area contributed by atoms with Crippen LogP contribution < -0.4 is 10.6 Å². The van der Waals surface area contributed by atoms with Crippen LogP contribution in [0.1, 0.15) is 35.2 Å². The highest BCUT2D eigenvalue weighted by atomic mass is 35.5. The predicted molar refractivity (Wildman–Crippen MR) is 98.6 cm³/mol. The topological polar surface area (TPSA) is 41.1 Å². The first-order valence-corrected chi connectivity index (χ1v) is 9.00. The lowest BCUT2D eigenvalue weighted by atomic mass is 10.1. The summed E-state index contributed by atoms with van der Waals surface area (Å²) in [5.41, 5.74) is 1.38. The third-order valence-electron chi connectivity index (χ3n) is 4.38. The molecule has 1 fully saturated rings. The Labute approximate surface area is 156 Å². The molecule has 2 aromatic rings. The standard InChI is InChI=1S/C19H19Cl2FN2O/c20-14-3-1-2-12(6-14)11-23-17-4-5-18(10-17)24-19(25)13-7-15(21)9-16(22)8-13/h1-3,6-9,17-18,23H,4-5,10-11H2,(H,24,25)/t17-,18+/m0/s1. The molecule has 3 nitrogen and oxygen atoms in total. The first-order chi connectivity index (χ1) is 12.0. The fraction of sp³-hybridized carbons (Fsp3) is 0.316. The van der Waals surface area contributed by atoms with Crippen LogP contribution in [0.15, 0.2) is 42.5 Å². The minimum Gasteiger partial charge on any atom is -0.349 e. The molecule has 3 rings (SSSR count). The van der Waals surface area contributed by atoms with E-state index in [-0.39, 0.29) is 22.5 Å². The second kappa shape index (κ2) is 8.17. The number of nitrogens with one attached hydrogen (secondary N) is 2. The summed E-state index contributed by atoms with van der Waals surface area (Å²) in [5, 5.41) is 7.40. The Kier molecular flexibility index (Phi) is 5.94. The third-order valence-corrected chi connectivity index (χ3v) is 4.83. The molecule has 0 radical (unpaired) electrons. The summed E-state index contributed by atoms with van der Waals surface area (Å²) in [6.45, 7) is 0.741. The number of carbonyl (C=O) groups excluding carboxylic acids is 1. The molecular formula is C19H19Cl2FN2O. The molecule has 0 bridgehead atoms. The molecule has 1 saturated carbocycles. The molecule has 2 N–H and O–H groups in total. The Morgan fingerprint density at radius 1 is 1.08 bits per heavy atom. The number of hydrogen-bond acceptors (Lipinski definition) is 2. The highest BCUT2D eigenvalue weighted by molar-refractivity contribution is 6.31. The minimum atomic E-state index is -0.509. The van der Waals surface area contributed by atoms with Gasteiger partial charge in [-0.05, 0) is 55.2 Å². The van der Waals surface area contributed by atoms with Crippen molar-refractivity contribution >= 4 is 29.1 Å². The van der Waals surface area contributed by atoms with Crippen LogP contribution in [-0.4, -0.2) is 18.0 Å². The van der Waals surface area contributed by atoms with Crippen molar-refractivity contribution in [2.75, 3.05) is 0 Å². The van der Waals surface area contributed by atoms with Crippen LogP contribution >= 0.6 is 23.2 Å². The quantitative estimate of drug-likeness (QED) is 0.797. The highest BCUT2D eigenvalue weighted by Crippen LogP contribution is 2.21. The van der Waals surface area contributed by atoms with Crippen molar-refractivity contribution in [1.29, 1.82) is 0 Å². The Morgan fingerprint density at radius 3 is 2.64 bits per heavy atom. The smallest absolute Gasteiger partial charge is 0.251 e. The summed E-state index contributed by atoms with van der Waals surface area (Å²) in [6.07, 6.45) is 2.72. The third kappa shape index (κ3) is 5.18. The van der Waals surface area contributed by atoms with E-state index in [2.05, 4.69) is 10.6 Å². The predicted octanol–water partition coefficient (Wildman–Crippen LogP) is 4.57. The van der Waals surface area contributed by atoms with Gasteiger partial charge in [-0.2, -0.15) is 0 Å². The number of amides is 1. The van der Waals surface area contributed by atoms with Gasteiger partial charge in [-0.15, -0.1) is 0 Å². The van der Waals surface area contributed by atoms with Gasteiger partial charge in [0.05, 0.1) is 0 Å². The van der Waals surface area contributed by atoms with Gasteiger partial charge in [0, 0.05) is 34.2 Å². The molecule has 0 saturated heterocycles. The van der Waals surface area contributed by atoms with Crippen LogP contribution in [0.25, 0.3) is 0 Å². The zero-order valence-electron chi connectivity index (χ0n) is 13.6. The molecule has 1 aliphatic carbocycles. The maximum atomic E-state index is 13.4. The second-order valence-electron chi connectivity index (χ2n) is 6.35. The Balaban J connectivity index is 1.50. The number of hydrogen-bond donors (Lipinski definition) is 2. The summed E-state index contributed by atoms with van der Waals surface area (Å²) in [6, 6.07) is 12.0. The van der Waals surface area contributed by atoms with Crippen molar-refractivity contribution in [2.24, 2.45) is 0 Å². The van der Waals surface area contributed by atoms with Crippen molar-refractivity contribution < 1.29 is 9.18 Å². The van der Waals surface area contributed by atoms with Crippen molar-refractivity contribution in [2.45, 2.75) is 37.9 Å². The van der Waals surface area contributed by atoms with Gasteiger partial charge < -0.3 is 10.6 Å². The highest BCUT2D eigenvalue weighted by Gasteiger charge is 2.26. The number of halogens is 3. The molecule has 6 heteroatoms. The van der Waals surface area contributed by atoms with E-state index in [1.807, 2.05) is 24.3 Å². The van der Waals surface area contributed by atoms with Gasteiger partial charge in [0.1, 0.15) is 5.82 Å². The summed E-state index contributed by atoms with van der Waals surface area (Å²) in [7, 11) is 0. The van der Waals surface area contributed by atoms with Crippen LogP contribution in [-0.2, 0) is 6.54 Å². The molecule has 0 unspecified atom stereocenters. The number of benzene rings is 2. The van der Waals surface area contributed by atoms with Gasteiger partial charge in [0.2, 0.25) is 0 Å². The second-order valence-corrected chi connectivity index (χ2v) is 7.22. The molecule has 0 spiro atoms. The van der Waals surface area contributed by atoms with Gasteiger partial charge in [0.15, 0.2) is 0 Å². The van der Waals surface area contributed by atoms with Crippen LogP contribution in [0.4, 0.5) is 4.39 Å². The number of carbonyl (C=O) groups is 1. The van der Waals surface area contributed by atoms with E-state index < -0.39 is 5.82 Å². The normalized spacial score (nSPS) is 19.8. The lowest BCUT2D eigenvalue weighted by Gasteiger charge is -2.15. The van der Waals surface area contributed by atoms with Crippen molar-refractivity contribution in [3.63, 3.8) is 0 Å². The van der Waals surface area contributed by atoms with E-state index in [0.717, 1.165) is 36.4 Å². The summed E-state index contributed by atoms with van der Waals surface area (Å²) in [4.78, 5) is 12.3. The summed E-state index contributed by atoms with van der Waals surface area (Å²) >= 11 is 11.8. The van der Waals surface area contributed by atoms with E-state index in [4.69, 9.17) is 23.2 Å². The monoisotopic (exact) mass is 380 g/mol. The molecule has 0 aliphatic heterocycles. The minimum absolute atomic E-state index is 0.0754. The molecule has 1 amide bonds. The van der Waals surface area contributed by atoms with E-state index >= 15 is 0 Å². The van der Waals surface area contributed by atoms with Gasteiger partial charge in [-0.3, -0.25) is 4.79 Å². The SMILES string of the molecule is O=C(N[C@@H]1CC[C@H](NCc2cccc(Cl)c2)C1)c1cc(F)cc(Cl)c1.